The second-order valence-corrected chi connectivity index (χ2v) is 4.75. The zero-order valence-corrected chi connectivity index (χ0v) is 10.1. The van der Waals surface area contributed by atoms with E-state index < -0.39 is 6.10 Å². The van der Waals surface area contributed by atoms with Crippen molar-refractivity contribution in [2.24, 2.45) is 0 Å². The lowest BCUT2D eigenvalue weighted by molar-refractivity contribution is -0.154. The van der Waals surface area contributed by atoms with Crippen LogP contribution in [0.25, 0.3) is 0 Å². The molecule has 0 aromatic carbocycles. The van der Waals surface area contributed by atoms with E-state index in [1.807, 2.05) is 0 Å². The standard InChI is InChI=1S/C13H18O4/c1-9-7-11(17-13(9)15)8-12(14)16-10-5-3-2-4-6-10/h7,10-11H,2-6,8H2,1H3. The van der Waals surface area contributed by atoms with Crippen molar-refractivity contribution >= 4 is 11.9 Å². The first kappa shape index (κ1) is 12.1. The van der Waals surface area contributed by atoms with E-state index in [0.29, 0.717) is 5.57 Å². The second-order valence-electron chi connectivity index (χ2n) is 4.75. The normalized spacial score (nSPS) is 25.4. The van der Waals surface area contributed by atoms with Crippen LogP contribution < -0.4 is 0 Å². The van der Waals surface area contributed by atoms with Gasteiger partial charge in [-0.15, -0.1) is 0 Å². The highest BCUT2D eigenvalue weighted by Gasteiger charge is 2.26. The smallest absolute Gasteiger partial charge is 0.334 e. The molecule has 0 N–H and O–H groups in total. The van der Waals surface area contributed by atoms with Crippen LogP contribution in [0.15, 0.2) is 11.6 Å². The topological polar surface area (TPSA) is 52.6 Å². The first-order chi connectivity index (χ1) is 8.15. The van der Waals surface area contributed by atoms with Crippen molar-refractivity contribution < 1.29 is 19.1 Å². The first-order valence-electron chi connectivity index (χ1n) is 6.24. The van der Waals surface area contributed by atoms with Gasteiger partial charge in [0.25, 0.3) is 0 Å². The van der Waals surface area contributed by atoms with Gasteiger partial charge in [-0.3, -0.25) is 4.79 Å². The van der Waals surface area contributed by atoms with E-state index in [1.54, 1.807) is 13.0 Å². The quantitative estimate of drug-likeness (QED) is 0.707. The minimum Gasteiger partial charge on any atom is -0.462 e. The van der Waals surface area contributed by atoms with Crippen molar-refractivity contribution in [1.29, 1.82) is 0 Å². The Morgan fingerprint density at radius 2 is 2.12 bits per heavy atom. The van der Waals surface area contributed by atoms with Gasteiger partial charge in [0.2, 0.25) is 0 Å². The number of cyclic esters (lactones) is 1. The van der Waals surface area contributed by atoms with Gasteiger partial charge in [0.15, 0.2) is 0 Å². The molecule has 1 aliphatic carbocycles. The molecule has 0 radical (unpaired) electrons. The molecule has 0 aromatic heterocycles. The summed E-state index contributed by atoms with van der Waals surface area (Å²) in [4.78, 5) is 22.8. The van der Waals surface area contributed by atoms with E-state index in [1.165, 1.54) is 6.42 Å². The molecule has 0 spiro atoms. The summed E-state index contributed by atoms with van der Waals surface area (Å²) in [5.41, 5.74) is 0.570. The Morgan fingerprint density at radius 3 is 2.71 bits per heavy atom. The summed E-state index contributed by atoms with van der Waals surface area (Å²) in [6.07, 6.45) is 6.89. The zero-order valence-electron chi connectivity index (χ0n) is 10.1. The van der Waals surface area contributed by atoms with E-state index >= 15 is 0 Å². The molecule has 1 fully saturated rings. The van der Waals surface area contributed by atoms with Crippen LogP contribution in [0.5, 0.6) is 0 Å². The SMILES string of the molecule is CC1=CC(CC(=O)OC2CCCCC2)OC1=O. The molecule has 2 aliphatic rings. The highest BCUT2D eigenvalue weighted by molar-refractivity contribution is 5.90. The van der Waals surface area contributed by atoms with Crippen LogP contribution in [0, 0.1) is 0 Å². The number of esters is 2. The molecule has 1 unspecified atom stereocenters. The predicted octanol–water partition coefficient (Wildman–Crippen LogP) is 2.12. The second kappa shape index (κ2) is 5.34. The number of hydrogen-bond acceptors (Lipinski definition) is 4. The number of carbonyl (C=O) groups excluding carboxylic acids is 2. The zero-order chi connectivity index (χ0) is 12.3. The van der Waals surface area contributed by atoms with Crippen LogP contribution in [0.2, 0.25) is 0 Å². The Kier molecular flexibility index (Phi) is 3.82. The summed E-state index contributed by atoms with van der Waals surface area (Å²) >= 11 is 0. The van der Waals surface area contributed by atoms with Crippen LogP contribution >= 0.6 is 0 Å². The van der Waals surface area contributed by atoms with Crippen LogP contribution in [0.1, 0.15) is 45.4 Å². The maximum Gasteiger partial charge on any atom is 0.334 e. The minimum atomic E-state index is -0.432. The van der Waals surface area contributed by atoms with Crippen LogP contribution in [-0.2, 0) is 19.1 Å². The highest BCUT2D eigenvalue weighted by Crippen LogP contribution is 2.22. The molecule has 0 saturated heterocycles. The lowest BCUT2D eigenvalue weighted by Gasteiger charge is -2.22. The molecule has 4 heteroatoms. The van der Waals surface area contributed by atoms with Gasteiger partial charge in [-0.2, -0.15) is 0 Å². The van der Waals surface area contributed by atoms with Gasteiger partial charge in [-0.25, -0.2) is 4.79 Å². The number of ether oxygens (including phenoxy) is 2. The number of rotatable bonds is 3. The summed E-state index contributed by atoms with van der Waals surface area (Å²) in [6.45, 7) is 1.69. The van der Waals surface area contributed by atoms with E-state index in [-0.39, 0.29) is 24.5 Å². The third kappa shape index (κ3) is 3.32. The monoisotopic (exact) mass is 238 g/mol. The number of hydrogen-bond donors (Lipinski definition) is 0. The molecule has 17 heavy (non-hydrogen) atoms. The fourth-order valence-electron chi connectivity index (χ4n) is 2.29. The molecule has 1 aliphatic heterocycles. The maximum absolute atomic E-state index is 11.6. The fourth-order valence-corrected chi connectivity index (χ4v) is 2.29. The largest absolute Gasteiger partial charge is 0.462 e. The van der Waals surface area contributed by atoms with Gasteiger partial charge >= 0.3 is 11.9 Å². The van der Waals surface area contributed by atoms with E-state index in [2.05, 4.69) is 0 Å². The van der Waals surface area contributed by atoms with Crippen molar-refractivity contribution in [3.05, 3.63) is 11.6 Å². The lowest BCUT2D eigenvalue weighted by Crippen LogP contribution is -2.23. The number of carbonyl (C=O) groups is 2. The van der Waals surface area contributed by atoms with Crippen LogP contribution in [-0.4, -0.2) is 24.1 Å². The fraction of sp³-hybridized carbons (Fsp3) is 0.692. The average molecular weight is 238 g/mol. The summed E-state index contributed by atoms with van der Waals surface area (Å²) in [7, 11) is 0. The Hall–Kier alpha value is -1.32. The van der Waals surface area contributed by atoms with Crippen LogP contribution in [0.3, 0.4) is 0 Å². The molecule has 1 heterocycles. The third-order valence-corrected chi connectivity index (χ3v) is 3.23. The molecular formula is C13H18O4. The molecule has 1 atom stereocenters. The van der Waals surface area contributed by atoms with Gasteiger partial charge in [0.1, 0.15) is 12.2 Å². The Bertz CT molecular complexity index is 339. The molecule has 94 valence electrons. The molecule has 1 saturated carbocycles. The Labute approximate surface area is 101 Å². The first-order valence-corrected chi connectivity index (χ1v) is 6.24. The van der Waals surface area contributed by atoms with Crippen molar-refractivity contribution in [1.82, 2.24) is 0 Å². The molecule has 2 rings (SSSR count). The van der Waals surface area contributed by atoms with Crippen molar-refractivity contribution in [2.45, 2.75) is 57.7 Å². The summed E-state index contributed by atoms with van der Waals surface area (Å²) < 4.78 is 10.4. The molecule has 0 aromatic rings. The summed E-state index contributed by atoms with van der Waals surface area (Å²) in [5.74, 6) is -0.596. The molecule has 0 bridgehead atoms. The van der Waals surface area contributed by atoms with Gasteiger partial charge in [-0.05, 0) is 38.7 Å². The lowest BCUT2D eigenvalue weighted by atomic mass is 9.98. The molecule has 4 nitrogen and oxygen atoms in total. The Morgan fingerprint density at radius 1 is 1.41 bits per heavy atom. The van der Waals surface area contributed by atoms with Crippen LogP contribution in [0.4, 0.5) is 0 Å². The van der Waals surface area contributed by atoms with Gasteiger partial charge < -0.3 is 9.47 Å². The summed E-state index contributed by atoms with van der Waals surface area (Å²) in [5, 5.41) is 0. The van der Waals surface area contributed by atoms with E-state index in [4.69, 9.17) is 9.47 Å². The molecule has 0 amide bonds. The molecular weight excluding hydrogens is 220 g/mol. The average Bonchev–Trinajstić information content (AvgIpc) is 2.59. The highest BCUT2D eigenvalue weighted by atomic mass is 16.6. The van der Waals surface area contributed by atoms with Crippen molar-refractivity contribution in [2.75, 3.05) is 0 Å². The van der Waals surface area contributed by atoms with Gasteiger partial charge in [-0.1, -0.05) is 6.42 Å². The van der Waals surface area contributed by atoms with Crippen molar-refractivity contribution in [3.63, 3.8) is 0 Å². The summed E-state index contributed by atoms with van der Waals surface area (Å²) in [6, 6.07) is 0. The van der Waals surface area contributed by atoms with E-state index in [0.717, 1.165) is 25.7 Å². The third-order valence-electron chi connectivity index (χ3n) is 3.23. The van der Waals surface area contributed by atoms with Gasteiger partial charge in [0, 0.05) is 5.57 Å². The predicted molar refractivity (Wildman–Crippen MR) is 61.2 cm³/mol. The van der Waals surface area contributed by atoms with Crippen molar-refractivity contribution in [3.8, 4) is 0 Å². The van der Waals surface area contributed by atoms with Gasteiger partial charge in [0.05, 0.1) is 6.42 Å². The Balaban J connectivity index is 1.76. The maximum atomic E-state index is 11.6. The van der Waals surface area contributed by atoms with E-state index in [9.17, 15) is 9.59 Å². The minimum absolute atomic E-state index is 0.0680.